The number of rotatable bonds is 4. The summed E-state index contributed by atoms with van der Waals surface area (Å²) >= 11 is 0. The van der Waals surface area contributed by atoms with Gasteiger partial charge in [0, 0.05) is 0 Å². The molecule has 1 aromatic carbocycles. The number of hydrogen-bond donors (Lipinski definition) is 3. The van der Waals surface area contributed by atoms with Gasteiger partial charge in [0.15, 0.2) is 0 Å². The average Bonchev–Trinajstić information content (AvgIpc) is 2.28. The molecule has 5 heteroatoms. The van der Waals surface area contributed by atoms with Crippen LogP contribution in [-0.2, 0) is 9.59 Å². The second-order valence-electron chi connectivity index (χ2n) is 4.02. The summed E-state index contributed by atoms with van der Waals surface area (Å²) in [5.41, 5.74) is 12.6. The highest BCUT2D eigenvalue weighted by Crippen LogP contribution is 2.11. The van der Waals surface area contributed by atoms with Crippen LogP contribution in [0.3, 0.4) is 0 Å². The lowest BCUT2D eigenvalue weighted by Crippen LogP contribution is -2.45. The first-order valence-corrected chi connectivity index (χ1v) is 5.33. The van der Waals surface area contributed by atoms with Gasteiger partial charge in [-0.2, -0.15) is 0 Å². The summed E-state index contributed by atoms with van der Waals surface area (Å²) < 4.78 is 0. The summed E-state index contributed by atoms with van der Waals surface area (Å²) in [5.74, 6) is -1.00. The van der Waals surface area contributed by atoms with E-state index in [0.717, 1.165) is 5.56 Å². The van der Waals surface area contributed by atoms with Crippen molar-refractivity contribution in [1.29, 1.82) is 0 Å². The van der Waals surface area contributed by atoms with Crippen LogP contribution in [0.15, 0.2) is 24.3 Å². The monoisotopic (exact) mass is 235 g/mol. The van der Waals surface area contributed by atoms with Gasteiger partial charge in [-0.15, -0.1) is 0 Å². The smallest absolute Gasteiger partial charge is 0.242 e. The Hall–Kier alpha value is -1.88. The zero-order valence-electron chi connectivity index (χ0n) is 9.94. The number of carbonyl (C=O) groups excluding carboxylic acids is 2. The highest BCUT2D eigenvalue weighted by Gasteiger charge is 2.19. The zero-order valence-corrected chi connectivity index (χ0v) is 9.94. The van der Waals surface area contributed by atoms with Crippen LogP contribution in [0, 0.1) is 6.92 Å². The minimum atomic E-state index is -0.794. The molecule has 0 saturated heterocycles. The summed E-state index contributed by atoms with van der Waals surface area (Å²) in [7, 11) is 0. The van der Waals surface area contributed by atoms with Crippen LogP contribution >= 0.6 is 0 Å². The van der Waals surface area contributed by atoms with E-state index in [1.807, 2.05) is 19.1 Å². The average molecular weight is 235 g/mol. The molecule has 1 aromatic rings. The van der Waals surface area contributed by atoms with Crippen LogP contribution in [0.2, 0.25) is 0 Å². The fourth-order valence-electron chi connectivity index (χ4n) is 1.30. The SMILES string of the molecule is Cc1ccc(C(N)C(=O)NC(C)C(N)=O)cc1. The third-order valence-corrected chi connectivity index (χ3v) is 2.50. The molecule has 0 bridgehead atoms. The molecule has 0 heterocycles. The Labute approximate surface area is 100 Å². The summed E-state index contributed by atoms with van der Waals surface area (Å²) in [6, 6.07) is 5.81. The highest BCUT2D eigenvalue weighted by molar-refractivity contribution is 5.89. The van der Waals surface area contributed by atoms with E-state index in [-0.39, 0.29) is 0 Å². The fourth-order valence-corrected chi connectivity index (χ4v) is 1.30. The lowest BCUT2D eigenvalue weighted by atomic mass is 10.1. The lowest BCUT2D eigenvalue weighted by molar-refractivity contribution is -0.127. The predicted octanol–water partition coefficient (Wildman–Crippen LogP) is -0.0152. The van der Waals surface area contributed by atoms with Crippen molar-refractivity contribution in [2.45, 2.75) is 25.9 Å². The van der Waals surface area contributed by atoms with Crippen molar-refractivity contribution >= 4 is 11.8 Å². The second kappa shape index (κ2) is 5.45. The van der Waals surface area contributed by atoms with Crippen molar-refractivity contribution < 1.29 is 9.59 Å². The van der Waals surface area contributed by atoms with Crippen LogP contribution in [0.1, 0.15) is 24.1 Å². The van der Waals surface area contributed by atoms with Crippen molar-refractivity contribution in [3.63, 3.8) is 0 Å². The van der Waals surface area contributed by atoms with Crippen molar-refractivity contribution in [2.24, 2.45) is 11.5 Å². The maximum absolute atomic E-state index is 11.7. The van der Waals surface area contributed by atoms with Gasteiger partial charge in [-0.1, -0.05) is 29.8 Å². The fraction of sp³-hybridized carbons (Fsp3) is 0.333. The minimum Gasteiger partial charge on any atom is -0.368 e. The molecule has 92 valence electrons. The van der Waals surface area contributed by atoms with E-state index in [0.29, 0.717) is 5.56 Å². The maximum Gasteiger partial charge on any atom is 0.242 e. The first-order valence-electron chi connectivity index (χ1n) is 5.33. The van der Waals surface area contributed by atoms with E-state index in [4.69, 9.17) is 11.5 Å². The molecule has 0 saturated carbocycles. The Morgan fingerprint density at radius 3 is 2.24 bits per heavy atom. The van der Waals surface area contributed by atoms with E-state index in [2.05, 4.69) is 5.32 Å². The van der Waals surface area contributed by atoms with Gasteiger partial charge in [0.05, 0.1) is 0 Å². The molecule has 2 atom stereocenters. The minimum absolute atomic E-state index is 0.417. The first-order chi connectivity index (χ1) is 7.91. The Morgan fingerprint density at radius 1 is 1.24 bits per heavy atom. The topological polar surface area (TPSA) is 98.2 Å². The molecule has 0 spiro atoms. The van der Waals surface area contributed by atoms with Gasteiger partial charge in [-0.25, -0.2) is 0 Å². The van der Waals surface area contributed by atoms with E-state index in [1.165, 1.54) is 6.92 Å². The first kappa shape index (κ1) is 13.2. The van der Waals surface area contributed by atoms with Crippen LogP contribution in [0.25, 0.3) is 0 Å². The molecule has 0 aliphatic carbocycles. The Kier molecular flexibility index (Phi) is 4.23. The third kappa shape index (κ3) is 3.57. The zero-order chi connectivity index (χ0) is 13.0. The van der Waals surface area contributed by atoms with Gasteiger partial charge in [0.25, 0.3) is 0 Å². The molecule has 2 unspecified atom stereocenters. The quantitative estimate of drug-likeness (QED) is 0.684. The van der Waals surface area contributed by atoms with Crippen LogP contribution < -0.4 is 16.8 Å². The number of benzene rings is 1. The lowest BCUT2D eigenvalue weighted by Gasteiger charge is -2.15. The van der Waals surface area contributed by atoms with E-state index >= 15 is 0 Å². The molecule has 17 heavy (non-hydrogen) atoms. The van der Waals surface area contributed by atoms with Gasteiger partial charge in [0.1, 0.15) is 12.1 Å². The number of aryl methyl sites for hydroxylation is 1. The van der Waals surface area contributed by atoms with Crippen molar-refractivity contribution in [3.8, 4) is 0 Å². The number of hydrogen-bond acceptors (Lipinski definition) is 3. The normalized spacial score (nSPS) is 13.8. The van der Waals surface area contributed by atoms with Gasteiger partial charge in [-0.3, -0.25) is 9.59 Å². The van der Waals surface area contributed by atoms with Crippen molar-refractivity contribution in [1.82, 2.24) is 5.32 Å². The van der Waals surface area contributed by atoms with Crippen molar-refractivity contribution in [3.05, 3.63) is 35.4 Å². The Bertz CT molecular complexity index is 414. The molecule has 5 nitrogen and oxygen atoms in total. The summed E-state index contributed by atoms with van der Waals surface area (Å²) in [6.07, 6.45) is 0. The van der Waals surface area contributed by atoms with Gasteiger partial charge in [-0.05, 0) is 19.4 Å². The van der Waals surface area contributed by atoms with E-state index < -0.39 is 23.9 Å². The van der Waals surface area contributed by atoms with Crippen molar-refractivity contribution in [2.75, 3.05) is 0 Å². The largest absolute Gasteiger partial charge is 0.368 e. The number of carbonyl (C=O) groups is 2. The van der Waals surface area contributed by atoms with E-state index in [1.54, 1.807) is 12.1 Å². The Balaban J connectivity index is 2.70. The highest BCUT2D eigenvalue weighted by atomic mass is 16.2. The molecule has 2 amide bonds. The number of nitrogens with one attached hydrogen (secondary N) is 1. The molecule has 0 aliphatic heterocycles. The second-order valence-corrected chi connectivity index (χ2v) is 4.02. The Morgan fingerprint density at radius 2 is 1.76 bits per heavy atom. The van der Waals surface area contributed by atoms with Crippen LogP contribution in [0.5, 0.6) is 0 Å². The van der Waals surface area contributed by atoms with E-state index in [9.17, 15) is 9.59 Å². The molecule has 0 radical (unpaired) electrons. The number of amides is 2. The van der Waals surface area contributed by atoms with Gasteiger partial charge in [0.2, 0.25) is 11.8 Å². The molecule has 5 N–H and O–H groups in total. The maximum atomic E-state index is 11.7. The van der Waals surface area contributed by atoms with Crippen LogP contribution in [0.4, 0.5) is 0 Å². The molecule has 1 rings (SSSR count). The van der Waals surface area contributed by atoms with Gasteiger partial charge < -0.3 is 16.8 Å². The van der Waals surface area contributed by atoms with Gasteiger partial charge >= 0.3 is 0 Å². The summed E-state index contributed by atoms with van der Waals surface area (Å²) in [5, 5.41) is 2.45. The summed E-state index contributed by atoms with van der Waals surface area (Å²) in [6.45, 7) is 3.46. The molecule has 0 fully saturated rings. The van der Waals surface area contributed by atoms with Crippen LogP contribution in [-0.4, -0.2) is 17.9 Å². The standard InChI is InChI=1S/C12H17N3O2/c1-7-3-5-9(6-4-7)10(13)12(17)15-8(2)11(14)16/h3-6,8,10H,13H2,1-2H3,(H2,14,16)(H,15,17). The summed E-state index contributed by atoms with van der Waals surface area (Å²) in [4.78, 5) is 22.5. The molecular formula is C12H17N3O2. The third-order valence-electron chi connectivity index (χ3n) is 2.50. The molecule has 0 aromatic heterocycles. The predicted molar refractivity (Wildman–Crippen MR) is 64.9 cm³/mol. The molecular weight excluding hydrogens is 218 g/mol. The molecule has 0 aliphatic rings. The number of primary amides is 1. The number of nitrogens with two attached hydrogens (primary N) is 2.